The van der Waals surface area contributed by atoms with Crippen LogP contribution in [-0.2, 0) is 9.84 Å². The second-order valence-electron chi connectivity index (χ2n) is 4.01. The molecule has 0 amide bonds. The van der Waals surface area contributed by atoms with Crippen LogP contribution in [-0.4, -0.2) is 32.5 Å². The molecule has 0 aliphatic carbocycles. The van der Waals surface area contributed by atoms with E-state index in [1.807, 2.05) is 7.05 Å². The third-order valence-corrected chi connectivity index (χ3v) is 4.92. The van der Waals surface area contributed by atoms with Gasteiger partial charge in [-0.05, 0) is 27.3 Å². The smallest absolute Gasteiger partial charge is 0.154 e. The molecule has 0 heterocycles. The van der Waals surface area contributed by atoms with Crippen molar-refractivity contribution in [1.29, 1.82) is 0 Å². The molecule has 3 nitrogen and oxygen atoms in total. The average molecular weight is 207 g/mol. The Labute approximate surface area is 81.8 Å². The van der Waals surface area contributed by atoms with Crippen molar-refractivity contribution < 1.29 is 8.42 Å². The molecule has 0 saturated heterocycles. The van der Waals surface area contributed by atoms with E-state index in [0.717, 1.165) is 12.8 Å². The number of nitrogens with one attached hydrogen (secondary N) is 1. The highest BCUT2D eigenvalue weighted by Crippen LogP contribution is 2.22. The summed E-state index contributed by atoms with van der Waals surface area (Å²) < 4.78 is 22.3. The van der Waals surface area contributed by atoms with Crippen LogP contribution in [0, 0.1) is 0 Å². The minimum atomic E-state index is -3.00. The fraction of sp³-hybridized carbons (Fsp3) is 1.00. The third-order valence-electron chi connectivity index (χ3n) is 2.72. The molecule has 0 saturated carbocycles. The second-order valence-corrected chi connectivity index (χ2v) is 6.60. The number of hydrogen-bond acceptors (Lipinski definition) is 3. The van der Waals surface area contributed by atoms with E-state index < -0.39 is 14.6 Å². The molecular weight excluding hydrogens is 186 g/mol. The molecular formula is C9H21NO2S. The summed E-state index contributed by atoms with van der Waals surface area (Å²) >= 11 is 0. The van der Waals surface area contributed by atoms with E-state index >= 15 is 0 Å². The summed E-state index contributed by atoms with van der Waals surface area (Å²) in [6.45, 7) is 5.61. The molecule has 0 rings (SSSR count). The van der Waals surface area contributed by atoms with Crippen LogP contribution < -0.4 is 5.32 Å². The maximum Gasteiger partial charge on any atom is 0.154 e. The standard InChI is InChI=1S/C9H21NO2S/c1-6-7-8(10-4)9(2,3)13(5,11)12/h8,10H,6-7H2,1-5H3. The van der Waals surface area contributed by atoms with Gasteiger partial charge in [0.15, 0.2) is 9.84 Å². The predicted octanol–water partition coefficient (Wildman–Crippen LogP) is 1.20. The summed E-state index contributed by atoms with van der Waals surface area (Å²) in [7, 11) is -1.19. The monoisotopic (exact) mass is 207 g/mol. The number of hydrogen-bond donors (Lipinski definition) is 1. The molecule has 0 radical (unpaired) electrons. The van der Waals surface area contributed by atoms with Crippen molar-refractivity contribution in [3.05, 3.63) is 0 Å². The lowest BCUT2D eigenvalue weighted by Crippen LogP contribution is -2.50. The summed E-state index contributed by atoms with van der Waals surface area (Å²) in [5.74, 6) is 0. The molecule has 0 aromatic carbocycles. The largest absolute Gasteiger partial charge is 0.315 e. The highest BCUT2D eigenvalue weighted by Gasteiger charge is 2.37. The maximum atomic E-state index is 11.5. The van der Waals surface area contributed by atoms with Gasteiger partial charge in [0.25, 0.3) is 0 Å². The molecule has 0 aromatic heterocycles. The van der Waals surface area contributed by atoms with Gasteiger partial charge in [-0.1, -0.05) is 13.3 Å². The van der Waals surface area contributed by atoms with Crippen LogP contribution in [0.1, 0.15) is 33.6 Å². The normalized spacial score (nSPS) is 15.8. The minimum absolute atomic E-state index is 0.0347. The van der Waals surface area contributed by atoms with Gasteiger partial charge in [-0.3, -0.25) is 0 Å². The van der Waals surface area contributed by atoms with Crippen LogP contribution in [0.15, 0.2) is 0 Å². The Morgan fingerprint density at radius 1 is 1.38 bits per heavy atom. The molecule has 4 heteroatoms. The van der Waals surface area contributed by atoms with E-state index in [1.54, 1.807) is 13.8 Å². The van der Waals surface area contributed by atoms with E-state index in [9.17, 15) is 8.42 Å². The lowest BCUT2D eigenvalue weighted by Gasteiger charge is -2.32. The van der Waals surface area contributed by atoms with Gasteiger partial charge >= 0.3 is 0 Å². The quantitative estimate of drug-likeness (QED) is 0.737. The van der Waals surface area contributed by atoms with Crippen molar-refractivity contribution in [3.63, 3.8) is 0 Å². The Kier molecular flexibility index (Phi) is 4.39. The van der Waals surface area contributed by atoms with Gasteiger partial charge in [0.2, 0.25) is 0 Å². The first kappa shape index (κ1) is 12.9. The van der Waals surface area contributed by atoms with Gasteiger partial charge in [-0.2, -0.15) is 0 Å². The van der Waals surface area contributed by atoms with E-state index in [0.29, 0.717) is 0 Å². The van der Waals surface area contributed by atoms with Crippen LogP contribution in [0.2, 0.25) is 0 Å². The van der Waals surface area contributed by atoms with Crippen molar-refractivity contribution >= 4 is 9.84 Å². The minimum Gasteiger partial charge on any atom is -0.315 e. The Hall–Kier alpha value is -0.0900. The Balaban J connectivity index is 4.78. The van der Waals surface area contributed by atoms with Crippen LogP contribution in [0.25, 0.3) is 0 Å². The molecule has 0 aliphatic heterocycles. The Morgan fingerprint density at radius 3 is 2.08 bits per heavy atom. The Bertz CT molecular complexity index is 244. The van der Waals surface area contributed by atoms with Crippen LogP contribution in [0.4, 0.5) is 0 Å². The molecule has 13 heavy (non-hydrogen) atoms. The van der Waals surface area contributed by atoms with Gasteiger partial charge in [-0.25, -0.2) is 8.42 Å². The SMILES string of the molecule is CCCC(NC)C(C)(C)S(C)(=O)=O. The molecule has 0 fully saturated rings. The van der Waals surface area contributed by atoms with E-state index in [1.165, 1.54) is 6.26 Å². The first-order valence-corrected chi connectivity index (χ1v) is 6.53. The molecule has 80 valence electrons. The van der Waals surface area contributed by atoms with Gasteiger partial charge in [0, 0.05) is 12.3 Å². The molecule has 0 aliphatic rings. The maximum absolute atomic E-state index is 11.5. The molecule has 0 spiro atoms. The van der Waals surface area contributed by atoms with Crippen molar-refractivity contribution in [1.82, 2.24) is 5.32 Å². The van der Waals surface area contributed by atoms with Gasteiger partial charge < -0.3 is 5.32 Å². The molecule has 0 bridgehead atoms. The lowest BCUT2D eigenvalue weighted by molar-refractivity contribution is 0.408. The van der Waals surface area contributed by atoms with Gasteiger partial charge in [-0.15, -0.1) is 0 Å². The third kappa shape index (κ3) is 2.95. The molecule has 1 unspecified atom stereocenters. The number of rotatable bonds is 5. The zero-order valence-corrected chi connectivity index (χ0v) is 10.0. The number of sulfone groups is 1. The fourth-order valence-corrected chi connectivity index (χ4v) is 2.14. The average Bonchev–Trinajstić information content (AvgIpc) is 1.97. The zero-order valence-electron chi connectivity index (χ0n) is 9.22. The summed E-state index contributed by atoms with van der Waals surface area (Å²) in [6.07, 6.45) is 3.17. The summed E-state index contributed by atoms with van der Waals surface area (Å²) in [4.78, 5) is 0. The first-order chi connectivity index (χ1) is 5.77. The zero-order chi connectivity index (χ0) is 10.7. The van der Waals surface area contributed by atoms with Crippen LogP contribution in [0.5, 0.6) is 0 Å². The molecule has 1 atom stereocenters. The van der Waals surface area contributed by atoms with Crippen molar-refractivity contribution in [2.75, 3.05) is 13.3 Å². The van der Waals surface area contributed by atoms with E-state index in [4.69, 9.17) is 0 Å². The van der Waals surface area contributed by atoms with Crippen LogP contribution in [0.3, 0.4) is 0 Å². The highest BCUT2D eigenvalue weighted by molar-refractivity contribution is 7.92. The van der Waals surface area contributed by atoms with Crippen LogP contribution >= 0.6 is 0 Å². The van der Waals surface area contributed by atoms with Gasteiger partial charge in [0.1, 0.15) is 0 Å². The second kappa shape index (κ2) is 4.42. The molecule has 1 N–H and O–H groups in total. The van der Waals surface area contributed by atoms with Crippen molar-refractivity contribution in [3.8, 4) is 0 Å². The highest BCUT2D eigenvalue weighted by atomic mass is 32.2. The fourth-order valence-electron chi connectivity index (χ4n) is 1.39. The predicted molar refractivity (Wildman–Crippen MR) is 56.7 cm³/mol. The topological polar surface area (TPSA) is 46.2 Å². The van der Waals surface area contributed by atoms with Crippen molar-refractivity contribution in [2.24, 2.45) is 0 Å². The van der Waals surface area contributed by atoms with Crippen molar-refractivity contribution in [2.45, 2.75) is 44.4 Å². The summed E-state index contributed by atoms with van der Waals surface area (Å²) in [5.41, 5.74) is 0. The summed E-state index contributed by atoms with van der Waals surface area (Å²) in [6, 6.07) is 0.0347. The summed E-state index contributed by atoms with van der Waals surface area (Å²) in [5, 5.41) is 3.07. The first-order valence-electron chi connectivity index (χ1n) is 4.64. The molecule has 0 aromatic rings. The van der Waals surface area contributed by atoms with Gasteiger partial charge in [0.05, 0.1) is 4.75 Å². The Morgan fingerprint density at radius 2 is 1.85 bits per heavy atom. The van der Waals surface area contributed by atoms with E-state index in [2.05, 4.69) is 12.2 Å². The van der Waals surface area contributed by atoms with E-state index in [-0.39, 0.29) is 6.04 Å². The lowest BCUT2D eigenvalue weighted by atomic mass is 9.99.